The van der Waals surface area contributed by atoms with E-state index in [4.69, 9.17) is 5.11 Å². The molecule has 2 rings (SSSR count). The van der Waals surface area contributed by atoms with Gasteiger partial charge in [-0.2, -0.15) is 0 Å². The minimum Gasteiger partial charge on any atom is -0.481 e. The van der Waals surface area contributed by atoms with Gasteiger partial charge in [0.15, 0.2) is 0 Å². The van der Waals surface area contributed by atoms with Gasteiger partial charge in [-0.15, -0.1) is 12.4 Å². The minimum atomic E-state index is -0.791. The zero-order valence-electron chi connectivity index (χ0n) is 13.5. The quantitative estimate of drug-likeness (QED) is 0.864. The fraction of sp³-hybridized carbons (Fsp3) is 0.529. The zero-order chi connectivity index (χ0) is 15.9. The lowest BCUT2D eigenvalue weighted by Gasteiger charge is -2.27. The van der Waals surface area contributed by atoms with Crippen LogP contribution in [0, 0.1) is 0 Å². The second-order valence-electron chi connectivity index (χ2n) is 5.93. The van der Waals surface area contributed by atoms with Crippen molar-refractivity contribution in [2.45, 2.75) is 32.2 Å². The first-order chi connectivity index (χ1) is 10.6. The van der Waals surface area contributed by atoms with Gasteiger partial charge in [-0.25, -0.2) is 0 Å². The van der Waals surface area contributed by atoms with Gasteiger partial charge in [0.05, 0.1) is 6.42 Å². The third-order valence-electron chi connectivity index (χ3n) is 3.98. The van der Waals surface area contributed by atoms with Crippen molar-refractivity contribution < 1.29 is 14.7 Å². The summed E-state index contributed by atoms with van der Waals surface area (Å²) < 4.78 is 0. The molecule has 23 heavy (non-hydrogen) atoms. The Bertz CT molecular complexity index is 530. The van der Waals surface area contributed by atoms with E-state index in [9.17, 15) is 9.59 Å². The summed E-state index contributed by atoms with van der Waals surface area (Å²) in [5.41, 5.74) is 1.77. The van der Waals surface area contributed by atoms with Crippen molar-refractivity contribution in [1.29, 1.82) is 0 Å². The molecule has 0 aliphatic carbocycles. The van der Waals surface area contributed by atoms with Gasteiger partial charge in [-0.05, 0) is 44.0 Å². The van der Waals surface area contributed by atoms with Crippen molar-refractivity contribution in [3.05, 3.63) is 35.4 Å². The van der Waals surface area contributed by atoms with Gasteiger partial charge in [0.2, 0.25) is 0 Å². The molecule has 1 aliphatic rings. The molecule has 1 N–H and O–H groups in total. The number of hydrogen-bond donors (Lipinski definition) is 1. The van der Waals surface area contributed by atoms with Crippen LogP contribution in [0.4, 0.5) is 0 Å². The maximum atomic E-state index is 12.5. The Labute approximate surface area is 143 Å². The number of likely N-dealkylation sites (tertiary alicyclic amines) is 1. The number of halogens is 1. The summed E-state index contributed by atoms with van der Waals surface area (Å²) in [4.78, 5) is 27.0. The first-order valence-corrected chi connectivity index (χ1v) is 7.85. The van der Waals surface area contributed by atoms with E-state index in [0.29, 0.717) is 13.1 Å². The standard InChI is InChI=1S/C17H24N2O3.ClH/c1-18(11-8-16(20)21)13-14-6-5-7-15(12-14)17(22)19-9-3-2-4-10-19;/h5-7,12H,2-4,8-11,13H2,1H3,(H,20,21);1H. The molecule has 1 amide bonds. The molecule has 1 heterocycles. The summed E-state index contributed by atoms with van der Waals surface area (Å²) in [7, 11) is 1.89. The van der Waals surface area contributed by atoms with Crippen LogP contribution in [0.5, 0.6) is 0 Å². The van der Waals surface area contributed by atoms with Crippen molar-refractivity contribution in [1.82, 2.24) is 9.80 Å². The Balaban J connectivity index is 0.00000264. The fourth-order valence-electron chi connectivity index (χ4n) is 2.76. The normalized spacial score (nSPS) is 14.4. The molecule has 0 radical (unpaired) electrons. The Morgan fingerprint density at radius 3 is 2.57 bits per heavy atom. The lowest BCUT2D eigenvalue weighted by molar-refractivity contribution is -0.137. The highest BCUT2D eigenvalue weighted by Crippen LogP contribution is 2.15. The molecule has 1 aromatic carbocycles. The summed E-state index contributed by atoms with van der Waals surface area (Å²) in [6.45, 7) is 2.84. The van der Waals surface area contributed by atoms with Gasteiger partial charge < -0.3 is 14.9 Å². The molecule has 1 saturated heterocycles. The summed E-state index contributed by atoms with van der Waals surface area (Å²) in [6, 6.07) is 7.66. The molecule has 0 saturated carbocycles. The van der Waals surface area contributed by atoms with Crippen LogP contribution in [0.15, 0.2) is 24.3 Å². The third-order valence-corrected chi connectivity index (χ3v) is 3.98. The molecular formula is C17H25ClN2O3. The first-order valence-electron chi connectivity index (χ1n) is 7.85. The number of carbonyl (C=O) groups excluding carboxylic acids is 1. The van der Waals surface area contributed by atoms with Crippen LogP contribution in [0.25, 0.3) is 0 Å². The first kappa shape index (κ1) is 19.5. The van der Waals surface area contributed by atoms with E-state index in [-0.39, 0.29) is 24.7 Å². The average molecular weight is 341 g/mol. The van der Waals surface area contributed by atoms with Crippen LogP contribution >= 0.6 is 12.4 Å². The Morgan fingerprint density at radius 1 is 1.22 bits per heavy atom. The van der Waals surface area contributed by atoms with Gasteiger partial charge in [-0.1, -0.05) is 12.1 Å². The SMILES string of the molecule is CN(CCC(=O)O)Cc1cccc(C(=O)N2CCCCC2)c1.Cl. The van der Waals surface area contributed by atoms with Crippen LogP contribution in [0.1, 0.15) is 41.6 Å². The number of benzene rings is 1. The maximum Gasteiger partial charge on any atom is 0.304 e. The summed E-state index contributed by atoms with van der Waals surface area (Å²) in [5.74, 6) is -0.685. The van der Waals surface area contributed by atoms with Crippen LogP contribution < -0.4 is 0 Å². The maximum absolute atomic E-state index is 12.5. The average Bonchev–Trinajstić information content (AvgIpc) is 2.53. The van der Waals surface area contributed by atoms with Crippen molar-refractivity contribution in [3.8, 4) is 0 Å². The molecule has 1 aliphatic heterocycles. The summed E-state index contributed by atoms with van der Waals surface area (Å²) in [6.07, 6.45) is 3.51. The number of nitrogens with zero attached hydrogens (tertiary/aromatic N) is 2. The predicted molar refractivity (Wildman–Crippen MR) is 92.0 cm³/mol. The molecule has 0 unspecified atom stereocenters. The molecule has 1 aromatic rings. The smallest absolute Gasteiger partial charge is 0.304 e. The van der Waals surface area contributed by atoms with Crippen molar-refractivity contribution >= 4 is 24.3 Å². The molecule has 0 bridgehead atoms. The summed E-state index contributed by atoms with van der Waals surface area (Å²) >= 11 is 0. The van der Waals surface area contributed by atoms with Crippen LogP contribution in [-0.2, 0) is 11.3 Å². The molecule has 128 valence electrons. The number of rotatable bonds is 6. The predicted octanol–water partition coefficient (Wildman–Crippen LogP) is 2.64. The van der Waals surface area contributed by atoms with Gasteiger partial charge in [0.25, 0.3) is 5.91 Å². The monoisotopic (exact) mass is 340 g/mol. The van der Waals surface area contributed by atoms with Gasteiger partial charge >= 0.3 is 5.97 Å². The number of aliphatic carboxylic acids is 1. The third kappa shape index (κ3) is 6.20. The zero-order valence-corrected chi connectivity index (χ0v) is 14.3. The molecular weight excluding hydrogens is 316 g/mol. The van der Waals surface area contributed by atoms with E-state index in [2.05, 4.69) is 0 Å². The number of carbonyl (C=O) groups is 2. The van der Waals surface area contributed by atoms with E-state index in [1.807, 2.05) is 41.1 Å². The summed E-state index contributed by atoms with van der Waals surface area (Å²) in [5, 5.41) is 8.71. The minimum absolute atomic E-state index is 0. The molecule has 6 heteroatoms. The van der Waals surface area contributed by atoms with E-state index in [1.54, 1.807) is 0 Å². The number of carboxylic acids is 1. The molecule has 0 atom stereocenters. The highest BCUT2D eigenvalue weighted by Gasteiger charge is 2.18. The van der Waals surface area contributed by atoms with E-state index < -0.39 is 5.97 Å². The topological polar surface area (TPSA) is 60.9 Å². The Morgan fingerprint density at radius 2 is 1.91 bits per heavy atom. The second-order valence-corrected chi connectivity index (χ2v) is 5.93. The van der Waals surface area contributed by atoms with Gasteiger partial charge in [-0.3, -0.25) is 9.59 Å². The van der Waals surface area contributed by atoms with E-state index in [1.165, 1.54) is 6.42 Å². The van der Waals surface area contributed by atoms with Gasteiger partial charge in [0, 0.05) is 31.7 Å². The van der Waals surface area contributed by atoms with E-state index >= 15 is 0 Å². The van der Waals surface area contributed by atoms with Gasteiger partial charge in [0.1, 0.15) is 0 Å². The number of carboxylic acid groups (broad SMARTS) is 1. The highest BCUT2D eigenvalue weighted by atomic mass is 35.5. The largest absolute Gasteiger partial charge is 0.481 e. The number of hydrogen-bond acceptors (Lipinski definition) is 3. The molecule has 5 nitrogen and oxygen atoms in total. The van der Waals surface area contributed by atoms with Crippen molar-refractivity contribution in [2.24, 2.45) is 0 Å². The van der Waals surface area contributed by atoms with Crippen LogP contribution in [-0.4, -0.2) is 53.5 Å². The van der Waals surface area contributed by atoms with Crippen LogP contribution in [0.3, 0.4) is 0 Å². The van der Waals surface area contributed by atoms with Crippen molar-refractivity contribution in [3.63, 3.8) is 0 Å². The Hall–Kier alpha value is -1.59. The van der Waals surface area contributed by atoms with Crippen LogP contribution in [0.2, 0.25) is 0 Å². The highest BCUT2D eigenvalue weighted by molar-refractivity contribution is 5.94. The molecule has 0 spiro atoms. The fourth-order valence-corrected chi connectivity index (χ4v) is 2.76. The lowest BCUT2D eigenvalue weighted by Crippen LogP contribution is -2.35. The molecule has 1 fully saturated rings. The number of piperidine rings is 1. The lowest BCUT2D eigenvalue weighted by atomic mass is 10.1. The molecule has 0 aromatic heterocycles. The Kier molecular flexibility index (Phi) is 8.06. The van der Waals surface area contributed by atoms with Crippen molar-refractivity contribution in [2.75, 3.05) is 26.7 Å². The number of amides is 1. The van der Waals surface area contributed by atoms with E-state index in [0.717, 1.165) is 37.1 Å². The second kappa shape index (κ2) is 9.53.